The quantitative estimate of drug-likeness (QED) is 0.263. The van der Waals surface area contributed by atoms with Gasteiger partial charge in [0.2, 0.25) is 5.76 Å². The largest absolute Gasteiger partial charge is 0.463 e. The van der Waals surface area contributed by atoms with Crippen LogP contribution in [0.1, 0.15) is 42.8 Å². The molecule has 10 nitrogen and oxygen atoms in total. The molecule has 0 aliphatic carbocycles. The number of nitrogens with one attached hydrogen (secondary N) is 1. The summed E-state index contributed by atoms with van der Waals surface area (Å²) in [5.41, 5.74) is 2.40. The number of nitro benzene ring substituents is 1. The Morgan fingerprint density at radius 1 is 1.23 bits per heavy atom. The molecule has 10 heteroatoms. The summed E-state index contributed by atoms with van der Waals surface area (Å²) in [6, 6.07) is 6.99. The number of fused-ring (bicyclic) bond motifs is 1. The number of methoxy groups -OCH3 is 1. The van der Waals surface area contributed by atoms with Gasteiger partial charge in [0.15, 0.2) is 5.58 Å². The molecule has 3 aromatic rings. The van der Waals surface area contributed by atoms with E-state index >= 15 is 0 Å². The van der Waals surface area contributed by atoms with Crippen molar-refractivity contribution in [3.63, 3.8) is 0 Å². The van der Waals surface area contributed by atoms with Gasteiger partial charge in [-0.05, 0) is 37.6 Å². The molecule has 0 unspecified atom stereocenters. The van der Waals surface area contributed by atoms with Crippen molar-refractivity contribution in [2.45, 2.75) is 33.1 Å². The van der Waals surface area contributed by atoms with Crippen molar-refractivity contribution in [2.24, 2.45) is 0 Å². The molecule has 0 spiro atoms. The second-order valence-electron chi connectivity index (χ2n) is 8.58. The Morgan fingerprint density at radius 2 is 2.00 bits per heavy atom. The van der Waals surface area contributed by atoms with Crippen molar-refractivity contribution in [2.75, 3.05) is 50.1 Å². The number of ether oxygens (including phenoxy) is 1. The Morgan fingerprint density at radius 3 is 2.66 bits per heavy atom. The Hall–Kier alpha value is -3.66. The normalized spacial score (nSPS) is 14.3. The lowest BCUT2D eigenvalue weighted by Gasteiger charge is -2.35. The lowest BCUT2D eigenvalue weighted by atomic mass is 10.0. The van der Waals surface area contributed by atoms with Crippen LogP contribution in [0.2, 0.25) is 0 Å². The fourth-order valence-electron chi connectivity index (χ4n) is 4.42. The van der Waals surface area contributed by atoms with E-state index in [2.05, 4.69) is 33.9 Å². The van der Waals surface area contributed by atoms with Crippen molar-refractivity contribution in [1.29, 1.82) is 0 Å². The number of nitro groups is 1. The van der Waals surface area contributed by atoms with Crippen molar-refractivity contribution >= 4 is 39.8 Å². The van der Waals surface area contributed by atoms with Gasteiger partial charge in [-0.1, -0.05) is 20.3 Å². The first-order valence-electron chi connectivity index (χ1n) is 12.0. The van der Waals surface area contributed by atoms with Gasteiger partial charge >= 0.3 is 5.97 Å². The van der Waals surface area contributed by atoms with Gasteiger partial charge < -0.3 is 24.3 Å². The third kappa shape index (κ3) is 5.22. The molecule has 0 amide bonds. The molecular formula is C25H31N5O5. The summed E-state index contributed by atoms with van der Waals surface area (Å²) in [6.07, 6.45) is 4.00. The number of likely N-dealkylation sites (N-methyl/N-ethyl adjacent to an activating group) is 1. The molecule has 0 atom stereocenters. The number of hydrogen-bond donors (Lipinski definition) is 1. The molecule has 1 saturated heterocycles. The molecule has 1 N–H and O–H groups in total. The first-order valence-corrected chi connectivity index (χ1v) is 12.0. The van der Waals surface area contributed by atoms with Crippen molar-refractivity contribution < 1.29 is 18.9 Å². The number of hydrogen-bond acceptors (Lipinski definition) is 9. The standard InChI is InChI=1S/C25H31N5O5/c1-4-6-7-18-19-15-23(26-16-22(19)35-24(18)25(31)34-3)27-20-9-8-17(14-21(20)30(32)33)29-12-10-28(5-2)11-13-29/h8-9,14-16H,4-7,10-13H2,1-3H3,(H,26,27). The van der Waals surface area contributed by atoms with Crippen molar-refractivity contribution in [3.05, 3.63) is 51.9 Å². The minimum absolute atomic E-state index is 0.0176. The van der Waals surface area contributed by atoms with Crippen molar-refractivity contribution in [1.82, 2.24) is 9.88 Å². The van der Waals surface area contributed by atoms with E-state index in [0.717, 1.165) is 62.2 Å². The number of nitrogens with zero attached hydrogens (tertiary/aromatic N) is 4. The van der Waals surface area contributed by atoms with Crippen LogP contribution in [-0.2, 0) is 11.2 Å². The first-order chi connectivity index (χ1) is 16.9. The molecule has 4 rings (SSSR count). The Labute approximate surface area is 204 Å². The van der Waals surface area contributed by atoms with Gasteiger partial charge in [0.05, 0.1) is 18.2 Å². The molecule has 0 bridgehead atoms. The number of aryl methyl sites for hydroxylation is 1. The number of carbonyl (C=O) groups excluding carboxylic acids is 1. The van der Waals surface area contributed by atoms with Gasteiger partial charge in [-0.15, -0.1) is 0 Å². The molecule has 0 radical (unpaired) electrons. The molecule has 1 aliphatic heterocycles. The van der Waals surface area contributed by atoms with Crippen molar-refractivity contribution in [3.8, 4) is 0 Å². The molecule has 1 fully saturated rings. The highest BCUT2D eigenvalue weighted by Gasteiger charge is 2.23. The molecule has 0 saturated carbocycles. The van der Waals surface area contributed by atoms with E-state index in [9.17, 15) is 14.9 Å². The molecule has 35 heavy (non-hydrogen) atoms. The maximum absolute atomic E-state index is 12.2. The van der Waals surface area contributed by atoms with E-state index in [0.29, 0.717) is 23.5 Å². The second-order valence-corrected chi connectivity index (χ2v) is 8.58. The minimum atomic E-state index is -0.534. The van der Waals surface area contributed by atoms with Crippen LogP contribution in [-0.4, -0.2) is 60.6 Å². The van der Waals surface area contributed by atoms with Gasteiger partial charge in [-0.25, -0.2) is 9.78 Å². The number of piperazine rings is 1. The zero-order chi connectivity index (χ0) is 24.9. The van der Waals surface area contributed by atoms with Crippen LogP contribution in [0, 0.1) is 10.1 Å². The second kappa shape index (κ2) is 10.7. The lowest BCUT2D eigenvalue weighted by molar-refractivity contribution is -0.383. The maximum Gasteiger partial charge on any atom is 0.374 e. The number of esters is 1. The van der Waals surface area contributed by atoms with Gasteiger partial charge in [-0.2, -0.15) is 0 Å². The number of pyridine rings is 1. The molecule has 1 aromatic carbocycles. The van der Waals surface area contributed by atoms with E-state index < -0.39 is 5.97 Å². The van der Waals surface area contributed by atoms with Gasteiger partial charge in [-0.3, -0.25) is 10.1 Å². The number of rotatable bonds is 9. The average molecular weight is 482 g/mol. The number of benzene rings is 1. The Kier molecular flexibility index (Phi) is 7.50. The van der Waals surface area contributed by atoms with Gasteiger partial charge in [0.1, 0.15) is 11.5 Å². The molecule has 186 valence electrons. The van der Waals surface area contributed by atoms with Crippen LogP contribution in [0.5, 0.6) is 0 Å². The summed E-state index contributed by atoms with van der Waals surface area (Å²) < 4.78 is 10.6. The highest BCUT2D eigenvalue weighted by Crippen LogP contribution is 2.34. The summed E-state index contributed by atoms with van der Waals surface area (Å²) >= 11 is 0. The van der Waals surface area contributed by atoms with Crippen LogP contribution in [0.4, 0.5) is 22.9 Å². The highest BCUT2D eigenvalue weighted by molar-refractivity contribution is 5.96. The fraction of sp³-hybridized carbons (Fsp3) is 0.440. The number of carbonyl (C=O) groups is 1. The predicted molar refractivity (Wildman–Crippen MR) is 135 cm³/mol. The van der Waals surface area contributed by atoms with E-state index in [1.165, 1.54) is 13.3 Å². The number of anilines is 3. The van der Waals surface area contributed by atoms with E-state index in [1.54, 1.807) is 18.2 Å². The fourth-order valence-corrected chi connectivity index (χ4v) is 4.42. The van der Waals surface area contributed by atoms with E-state index in [4.69, 9.17) is 9.15 Å². The van der Waals surface area contributed by atoms with Crippen LogP contribution in [0.25, 0.3) is 11.0 Å². The third-order valence-electron chi connectivity index (χ3n) is 6.46. The molecule has 2 aromatic heterocycles. The van der Waals surface area contributed by atoms with Gasteiger partial charge in [0.25, 0.3) is 5.69 Å². The summed E-state index contributed by atoms with van der Waals surface area (Å²) in [5.74, 6) is 0.0705. The van der Waals surface area contributed by atoms with Crippen LogP contribution >= 0.6 is 0 Å². The summed E-state index contributed by atoms with van der Waals surface area (Å²) in [7, 11) is 1.32. The van der Waals surface area contributed by atoms with Crippen LogP contribution in [0.3, 0.4) is 0 Å². The topological polar surface area (TPSA) is 114 Å². The van der Waals surface area contributed by atoms with E-state index in [-0.39, 0.29) is 16.4 Å². The maximum atomic E-state index is 12.2. The molecule has 1 aliphatic rings. The third-order valence-corrected chi connectivity index (χ3v) is 6.46. The zero-order valence-electron chi connectivity index (χ0n) is 20.4. The number of furan rings is 1. The monoisotopic (exact) mass is 481 g/mol. The molecule has 3 heterocycles. The SMILES string of the molecule is CCCCc1c(C(=O)OC)oc2cnc(Nc3ccc(N4CCN(CC)CC4)cc3[N+](=O)[O-])cc12. The summed E-state index contributed by atoms with van der Waals surface area (Å²) in [4.78, 5) is 32.6. The Bertz CT molecular complexity index is 1220. The number of aromatic nitrogens is 1. The predicted octanol–water partition coefficient (Wildman–Crippen LogP) is 4.75. The first kappa shape index (κ1) is 24.5. The van der Waals surface area contributed by atoms with Crippen LogP contribution in [0.15, 0.2) is 34.9 Å². The highest BCUT2D eigenvalue weighted by atomic mass is 16.6. The average Bonchev–Trinajstić information content (AvgIpc) is 3.24. The number of unbranched alkanes of at least 4 members (excludes halogenated alkanes) is 1. The van der Waals surface area contributed by atoms with E-state index in [1.807, 2.05) is 6.07 Å². The minimum Gasteiger partial charge on any atom is -0.463 e. The summed E-state index contributed by atoms with van der Waals surface area (Å²) in [5, 5.41) is 15.7. The lowest BCUT2D eigenvalue weighted by Crippen LogP contribution is -2.46. The van der Waals surface area contributed by atoms with Gasteiger partial charge in [0, 0.05) is 48.9 Å². The van der Waals surface area contributed by atoms with Crippen LogP contribution < -0.4 is 10.2 Å². The summed E-state index contributed by atoms with van der Waals surface area (Å²) in [6.45, 7) is 8.75. The smallest absolute Gasteiger partial charge is 0.374 e. The Balaban J connectivity index is 1.63. The molecular weight excluding hydrogens is 450 g/mol. The zero-order valence-corrected chi connectivity index (χ0v) is 20.4.